The van der Waals surface area contributed by atoms with Crippen LogP contribution in [-0.4, -0.2) is 67.6 Å². The number of amides is 1. The van der Waals surface area contributed by atoms with Crippen LogP contribution < -0.4 is 4.74 Å². The highest BCUT2D eigenvalue weighted by Gasteiger charge is 2.47. The number of nitrogens with zero attached hydrogens (tertiary/aromatic N) is 2. The Bertz CT molecular complexity index is 733. The van der Waals surface area contributed by atoms with Gasteiger partial charge >= 0.3 is 5.97 Å². The van der Waals surface area contributed by atoms with Gasteiger partial charge in [0.1, 0.15) is 11.8 Å². The van der Waals surface area contributed by atoms with Crippen LogP contribution in [0.5, 0.6) is 5.75 Å². The number of hydrogen-bond acceptors (Lipinski definition) is 5. The number of hydrogen-bond donors (Lipinski definition) is 1. The van der Waals surface area contributed by atoms with Crippen LogP contribution in [0.2, 0.25) is 0 Å². The predicted octanol–water partition coefficient (Wildman–Crippen LogP) is -0.0769. The molecule has 23 heavy (non-hydrogen) atoms. The molecule has 126 valence electrons. The average Bonchev–Trinajstić information content (AvgIpc) is 2.48. The van der Waals surface area contributed by atoms with E-state index in [1.807, 2.05) is 0 Å². The molecular weight excluding hydrogens is 324 g/mol. The second-order valence-corrected chi connectivity index (χ2v) is 7.25. The van der Waals surface area contributed by atoms with E-state index < -0.39 is 40.5 Å². The zero-order chi connectivity index (χ0) is 17.4. The maximum absolute atomic E-state index is 12.2. The molecule has 2 atom stereocenters. The van der Waals surface area contributed by atoms with Crippen LogP contribution in [0.1, 0.15) is 11.6 Å². The van der Waals surface area contributed by atoms with Gasteiger partial charge in [-0.2, -0.15) is 4.31 Å². The fourth-order valence-corrected chi connectivity index (χ4v) is 3.64. The van der Waals surface area contributed by atoms with Gasteiger partial charge in [0.2, 0.25) is 15.9 Å². The molecule has 0 spiro atoms. The molecule has 1 aliphatic rings. The van der Waals surface area contributed by atoms with Crippen molar-refractivity contribution < 1.29 is 27.9 Å². The van der Waals surface area contributed by atoms with Crippen molar-refractivity contribution in [2.24, 2.45) is 0 Å². The third-order valence-electron chi connectivity index (χ3n) is 3.83. The molecule has 0 unspecified atom stereocenters. The van der Waals surface area contributed by atoms with E-state index in [1.54, 1.807) is 24.3 Å². The molecule has 1 aliphatic heterocycles. The summed E-state index contributed by atoms with van der Waals surface area (Å²) in [5.41, 5.74) is 0.487. The summed E-state index contributed by atoms with van der Waals surface area (Å²) < 4.78 is 29.7. The molecule has 0 aromatic heterocycles. The van der Waals surface area contributed by atoms with E-state index in [2.05, 4.69) is 0 Å². The standard InChI is InChI=1S/C14H18N2O6S/c1-15-11(17)8-16(23(3,20)21)13(14(18)19)12(15)9-5-4-6-10(7-9)22-2/h4-7,12-13H,8H2,1-3H3,(H,18,19)/t12-,13+/m1/s1. The Morgan fingerprint density at radius 2 is 2.04 bits per heavy atom. The SMILES string of the molecule is COc1cccc([C@@H]2[C@@H](C(=O)O)N(S(C)(=O)=O)CC(=O)N2C)c1. The number of ether oxygens (including phenoxy) is 1. The molecule has 9 heteroatoms. The number of piperazine rings is 1. The summed E-state index contributed by atoms with van der Waals surface area (Å²) in [6.45, 7) is -0.493. The molecule has 1 saturated heterocycles. The molecule has 0 saturated carbocycles. The Balaban J connectivity index is 2.59. The van der Waals surface area contributed by atoms with Crippen LogP contribution in [0, 0.1) is 0 Å². The number of likely N-dealkylation sites (N-methyl/N-ethyl adjacent to an activating group) is 1. The first-order valence-corrected chi connectivity index (χ1v) is 8.61. The van der Waals surface area contributed by atoms with Gasteiger partial charge in [-0.3, -0.25) is 9.59 Å². The van der Waals surface area contributed by atoms with E-state index in [0.717, 1.165) is 10.6 Å². The summed E-state index contributed by atoms with van der Waals surface area (Å²) in [5.74, 6) is -1.30. The molecule has 1 fully saturated rings. The van der Waals surface area contributed by atoms with Crippen LogP contribution in [0.3, 0.4) is 0 Å². The molecule has 0 aliphatic carbocycles. The largest absolute Gasteiger partial charge is 0.497 e. The highest BCUT2D eigenvalue weighted by molar-refractivity contribution is 7.88. The van der Waals surface area contributed by atoms with Crippen LogP contribution >= 0.6 is 0 Å². The van der Waals surface area contributed by atoms with Gasteiger partial charge in [0, 0.05) is 7.05 Å². The van der Waals surface area contributed by atoms with Crippen LogP contribution in [0.15, 0.2) is 24.3 Å². The monoisotopic (exact) mass is 342 g/mol. The molecule has 1 N–H and O–H groups in total. The number of aliphatic carboxylic acids is 1. The molecule has 1 aromatic rings. The normalized spacial score (nSPS) is 22.9. The zero-order valence-electron chi connectivity index (χ0n) is 13.0. The first-order valence-electron chi connectivity index (χ1n) is 6.76. The van der Waals surface area contributed by atoms with Crippen molar-refractivity contribution in [2.45, 2.75) is 12.1 Å². The number of rotatable bonds is 4. The molecule has 1 amide bonds. The number of carbonyl (C=O) groups is 2. The van der Waals surface area contributed by atoms with E-state index in [9.17, 15) is 23.1 Å². The number of carboxylic acid groups (broad SMARTS) is 1. The molecule has 1 aromatic carbocycles. The first-order chi connectivity index (χ1) is 10.7. The second-order valence-electron chi connectivity index (χ2n) is 5.32. The first kappa shape index (κ1) is 17.2. The summed E-state index contributed by atoms with van der Waals surface area (Å²) in [6, 6.07) is 4.22. The van der Waals surface area contributed by atoms with Gasteiger partial charge < -0.3 is 14.7 Å². The van der Waals surface area contributed by atoms with Gasteiger partial charge in [-0.1, -0.05) is 12.1 Å². The van der Waals surface area contributed by atoms with Gasteiger partial charge in [0.05, 0.1) is 26.0 Å². The predicted molar refractivity (Wildman–Crippen MR) is 81.5 cm³/mol. The number of sulfonamides is 1. The molecular formula is C14H18N2O6S. The summed E-state index contributed by atoms with van der Waals surface area (Å²) in [7, 11) is -0.934. The Kier molecular flexibility index (Phi) is 4.62. The number of carbonyl (C=O) groups excluding carboxylic acids is 1. The minimum absolute atomic E-state index is 0.472. The van der Waals surface area contributed by atoms with Crippen molar-refractivity contribution in [1.82, 2.24) is 9.21 Å². The lowest BCUT2D eigenvalue weighted by atomic mass is 9.95. The number of methoxy groups -OCH3 is 1. The van der Waals surface area contributed by atoms with Gasteiger partial charge in [-0.05, 0) is 17.7 Å². The summed E-state index contributed by atoms with van der Waals surface area (Å²) in [6.07, 6.45) is 0.893. The molecule has 0 radical (unpaired) electrons. The second kappa shape index (κ2) is 6.17. The van der Waals surface area contributed by atoms with Gasteiger partial charge in [0.15, 0.2) is 0 Å². The lowest BCUT2D eigenvalue weighted by Gasteiger charge is -2.42. The van der Waals surface area contributed by atoms with E-state index in [1.165, 1.54) is 19.1 Å². The molecule has 0 bridgehead atoms. The van der Waals surface area contributed by atoms with Crippen molar-refractivity contribution in [3.8, 4) is 5.75 Å². The Morgan fingerprint density at radius 1 is 1.39 bits per heavy atom. The van der Waals surface area contributed by atoms with Gasteiger partial charge in [0.25, 0.3) is 0 Å². The maximum Gasteiger partial charge on any atom is 0.324 e. The third kappa shape index (κ3) is 3.30. The van der Waals surface area contributed by atoms with E-state index in [0.29, 0.717) is 11.3 Å². The Morgan fingerprint density at radius 3 is 2.57 bits per heavy atom. The number of benzene rings is 1. The smallest absolute Gasteiger partial charge is 0.324 e. The lowest BCUT2D eigenvalue weighted by molar-refractivity contribution is -0.151. The zero-order valence-corrected chi connectivity index (χ0v) is 13.8. The molecule has 8 nitrogen and oxygen atoms in total. The summed E-state index contributed by atoms with van der Waals surface area (Å²) in [4.78, 5) is 25.1. The van der Waals surface area contributed by atoms with Crippen molar-refractivity contribution in [3.05, 3.63) is 29.8 Å². The summed E-state index contributed by atoms with van der Waals surface area (Å²) in [5, 5.41) is 9.56. The average molecular weight is 342 g/mol. The Hall–Kier alpha value is -2.13. The third-order valence-corrected chi connectivity index (χ3v) is 5.03. The van der Waals surface area contributed by atoms with Crippen LogP contribution in [-0.2, 0) is 19.6 Å². The number of carboxylic acids is 1. The van der Waals surface area contributed by atoms with E-state index >= 15 is 0 Å². The van der Waals surface area contributed by atoms with Crippen molar-refractivity contribution in [2.75, 3.05) is 27.0 Å². The minimum atomic E-state index is -3.86. The van der Waals surface area contributed by atoms with Crippen LogP contribution in [0.4, 0.5) is 0 Å². The quantitative estimate of drug-likeness (QED) is 0.821. The molecule has 1 heterocycles. The highest BCUT2D eigenvalue weighted by Crippen LogP contribution is 2.33. The maximum atomic E-state index is 12.2. The Labute approximate surface area is 134 Å². The van der Waals surface area contributed by atoms with Crippen molar-refractivity contribution >= 4 is 21.9 Å². The highest BCUT2D eigenvalue weighted by atomic mass is 32.2. The molecule has 2 rings (SSSR count). The minimum Gasteiger partial charge on any atom is -0.497 e. The van der Waals surface area contributed by atoms with Crippen LogP contribution in [0.25, 0.3) is 0 Å². The summed E-state index contributed by atoms with van der Waals surface area (Å²) >= 11 is 0. The lowest BCUT2D eigenvalue weighted by Crippen LogP contribution is -2.60. The fraction of sp³-hybridized carbons (Fsp3) is 0.429. The van der Waals surface area contributed by atoms with Crippen molar-refractivity contribution in [3.63, 3.8) is 0 Å². The van der Waals surface area contributed by atoms with Gasteiger partial charge in [-0.15, -0.1) is 0 Å². The van der Waals surface area contributed by atoms with E-state index in [-0.39, 0.29) is 0 Å². The van der Waals surface area contributed by atoms with Gasteiger partial charge in [-0.25, -0.2) is 8.42 Å². The van der Waals surface area contributed by atoms with E-state index in [4.69, 9.17) is 4.74 Å². The van der Waals surface area contributed by atoms with Crippen molar-refractivity contribution in [1.29, 1.82) is 0 Å². The fourth-order valence-electron chi connectivity index (χ4n) is 2.68. The topological polar surface area (TPSA) is 104 Å².